The van der Waals surface area contributed by atoms with E-state index in [1.54, 1.807) is 12.1 Å². The van der Waals surface area contributed by atoms with Crippen molar-refractivity contribution in [2.75, 3.05) is 5.32 Å². The van der Waals surface area contributed by atoms with Crippen molar-refractivity contribution < 1.29 is 4.79 Å². The van der Waals surface area contributed by atoms with Gasteiger partial charge in [-0.15, -0.1) is 0 Å². The molecule has 0 fully saturated rings. The quantitative estimate of drug-likeness (QED) is 0.842. The second-order valence-corrected chi connectivity index (χ2v) is 5.14. The summed E-state index contributed by atoms with van der Waals surface area (Å²) in [6.07, 6.45) is 2.62. The van der Waals surface area contributed by atoms with Crippen LogP contribution in [0.25, 0.3) is 0 Å². The second-order valence-electron chi connectivity index (χ2n) is 4.75. The van der Waals surface area contributed by atoms with Gasteiger partial charge in [-0.1, -0.05) is 37.6 Å². The molecule has 1 amide bonds. The number of nitrogens with one attached hydrogen (secondary N) is 1. The number of carbonyl (C=O) groups is 1. The Kier molecular flexibility index (Phi) is 4.74. The SMILES string of the molecule is CCC(C)c1ccc(NC(=O)c2ccnc(Cl)c2)cc1. The Morgan fingerprint density at radius 2 is 2.00 bits per heavy atom. The van der Waals surface area contributed by atoms with Gasteiger partial charge < -0.3 is 5.32 Å². The fourth-order valence-electron chi connectivity index (χ4n) is 1.88. The number of aromatic nitrogens is 1. The van der Waals surface area contributed by atoms with Crippen LogP contribution in [0.5, 0.6) is 0 Å². The lowest BCUT2D eigenvalue weighted by Gasteiger charge is -2.10. The topological polar surface area (TPSA) is 42.0 Å². The lowest BCUT2D eigenvalue weighted by molar-refractivity contribution is 0.102. The highest BCUT2D eigenvalue weighted by Gasteiger charge is 2.08. The summed E-state index contributed by atoms with van der Waals surface area (Å²) in [5.74, 6) is 0.337. The third-order valence-corrected chi connectivity index (χ3v) is 3.55. The Balaban J connectivity index is 2.08. The van der Waals surface area contributed by atoms with Crippen LogP contribution in [0.2, 0.25) is 5.15 Å². The van der Waals surface area contributed by atoms with E-state index in [9.17, 15) is 4.79 Å². The van der Waals surface area contributed by atoms with Gasteiger partial charge in [-0.3, -0.25) is 4.79 Å². The minimum Gasteiger partial charge on any atom is -0.322 e. The molecule has 3 nitrogen and oxygen atoms in total. The monoisotopic (exact) mass is 288 g/mol. The van der Waals surface area contributed by atoms with Crippen molar-refractivity contribution in [2.45, 2.75) is 26.2 Å². The van der Waals surface area contributed by atoms with Crippen molar-refractivity contribution in [1.82, 2.24) is 4.98 Å². The van der Waals surface area contributed by atoms with Crippen molar-refractivity contribution in [3.8, 4) is 0 Å². The molecule has 1 aromatic carbocycles. The van der Waals surface area contributed by atoms with Crippen LogP contribution in [-0.2, 0) is 0 Å². The molecular formula is C16H17ClN2O. The van der Waals surface area contributed by atoms with E-state index in [4.69, 9.17) is 11.6 Å². The number of amides is 1. The first kappa shape index (κ1) is 14.5. The fourth-order valence-corrected chi connectivity index (χ4v) is 2.05. The molecule has 104 valence electrons. The molecule has 1 heterocycles. The number of benzene rings is 1. The molecule has 1 atom stereocenters. The summed E-state index contributed by atoms with van der Waals surface area (Å²) < 4.78 is 0. The van der Waals surface area contributed by atoms with Gasteiger partial charge in [0.15, 0.2) is 0 Å². The first-order valence-corrected chi connectivity index (χ1v) is 7.00. The Bertz CT molecular complexity index is 596. The zero-order valence-corrected chi connectivity index (χ0v) is 12.3. The predicted molar refractivity (Wildman–Crippen MR) is 82.3 cm³/mol. The van der Waals surface area contributed by atoms with Gasteiger partial charge in [-0.25, -0.2) is 4.98 Å². The predicted octanol–water partition coefficient (Wildman–Crippen LogP) is 4.50. The molecule has 20 heavy (non-hydrogen) atoms. The molecule has 1 unspecified atom stereocenters. The molecule has 0 radical (unpaired) electrons. The molecule has 0 aliphatic carbocycles. The summed E-state index contributed by atoms with van der Waals surface area (Å²) in [5.41, 5.74) is 2.54. The maximum absolute atomic E-state index is 12.0. The van der Waals surface area contributed by atoms with Crippen molar-refractivity contribution in [3.05, 3.63) is 58.9 Å². The maximum Gasteiger partial charge on any atom is 0.255 e. The van der Waals surface area contributed by atoms with Crippen LogP contribution in [0.4, 0.5) is 5.69 Å². The molecule has 0 saturated heterocycles. The normalized spacial score (nSPS) is 11.9. The highest BCUT2D eigenvalue weighted by molar-refractivity contribution is 6.29. The van der Waals surface area contributed by atoms with Crippen LogP contribution < -0.4 is 5.32 Å². The Morgan fingerprint density at radius 3 is 2.60 bits per heavy atom. The van der Waals surface area contributed by atoms with E-state index in [1.165, 1.54) is 11.8 Å². The van der Waals surface area contributed by atoms with Crippen molar-refractivity contribution in [2.24, 2.45) is 0 Å². The van der Waals surface area contributed by atoms with E-state index in [0.717, 1.165) is 12.1 Å². The highest BCUT2D eigenvalue weighted by atomic mass is 35.5. The average Bonchev–Trinajstić information content (AvgIpc) is 2.47. The number of anilines is 1. The number of hydrogen-bond donors (Lipinski definition) is 1. The lowest BCUT2D eigenvalue weighted by atomic mass is 9.98. The molecule has 0 saturated carbocycles. The second kappa shape index (κ2) is 6.53. The largest absolute Gasteiger partial charge is 0.322 e. The number of pyridine rings is 1. The molecule has 0 spiro atoms. The van der Waals surface area contributed by atoms with Crippen LogP contribution >= 0.6 is 11.6 Å². The lowest BCUT2D eigenvalue weighted by Crippen LogP contribution is -2.12. The fraction of sp³-hybridized carbons (Fsp3) is 0.250. The third kappa shape index (κ3) is 3.58. The number of rotatable bonds is 4. The summed E-state index contributed by atoms with van der Waals surface area (Å²) in [6.45, 7) is 4.35. The zero-order chi connectivity index (χ0) is 14.5. The third-order valence-electron chi connectivity index (χ3n) is 3.34. The minimum absolute atomic E-state index is 0.189. The molecule has 0 aliphatic rings. The molecule has 2 rings (SSSR count). The van der Waals surface area contributed by atoms with E-state index in [1.807, 2.05) is 24.3 Å². The molecular weight excluding hydrogens is 272 g/mol. The van der Waals surface area contributed by atoms with Crippen LogP contribution in [0.1, 0.15) is 42.1 Å². The van der Waals surface area contributed by atoms with Crippen molar-refractivity contribution >= 4 is 23.2 Å². The highest BCUT2D eigenvalue weighted by Crippen LogP contribution is 2.20. The van der Waals surface area contributed by atoms with Gasteiger partial charge in [0, 0.05) is 17.4 Å². The smallest absolute Gasteiger partial charge is 0.255 e. The molecule has 1 aromatic heterocycles. The maximum atomic E-state index is 12.0. The average molecular weight is 289 g/mol. The molecule has 0 bridgehead atoms. The standard InChI is InChI=1S/C16H17ClN2O/c1-3-11(2)12-4-6-14(7-5-12)19-16(20)13-8-9-18-15(17)10-13/h4-11H,3H2,1-2H3,(H,19,20). The summed E-state index contributed by atoms with van der Waals surface area (Å²) in [4.78, 5) is 15.9. The molecule has 1 N–H and O–H groups in total. The van der Waals surface area contributed by atoms with E-state index in [2.05, 4.69) is 24.1 Å². The van der Waals surface area contributed by atoms with Gasteiger partial charge in [0.05, 0.1) is 0 Å². The van der Waals surface area contributed by atoms with Gasteiger partial charge in [0.2, 0.25) is 0 Å². The van der Waals surface area contributed by atoms with Crippen LogP contribution in [0.3, 0.4) is 0 Å². The van der Waals surface area contributed by atoms with E-state index >= 15 is 0 Å². The van der Waals surface area contributed by atoms with Gasteiger partial charge in [0.25, 0.3) is 5.91 Å². The first-order valence-electron chi connectivity index (χ1n) is 6.63. The van der Waals surface area contributed by atoms with Crippen LogP contribution in [-0.4, -0.2) is 10.9 Å². The summed E-state index contributed by atoms with van der Waals surface area (Å²) in [7, 11) is 0. The minimum atomic E-state index is -0.189. The van der Waals surface area contributed by atoms with Gasteiger partial charge >= 0.3 is 0 Å². The number of hydrogen-bond acceptors (Lipinski definition) is 2. The van der Waals surface area contributed by atoms with Gasteiger partial charge in [-0.2, -0.15) is 0 Å². The van der Waals surface area contributed by atoms with Gasteiger partial charge in [-0.05, 0) is 42.2 Å². The Hall–Kier alpha value is -1.87. The zero-order valence-electron chi connectivity index (χ0n) is 11.6. The van der Waals surface area contributed by atoms with E-state index < -0.39 is 0 Å². The van der Waals surface area contributed by atoms with Crippen molar-refractivity contribution in [3.63, 3.8) is 0 Å². The number of nitrogens with zero attached hydrogens (tertiary/aromatic N) is 1. The van der Waals surface area contributed by atoms with Crippen molar-refractivity contribution in [1.29, 1.82) is 0 Å². The number of carbonyl (C=O) groups excluding carboxylic acids is 1. The van der Waals surface area contributed by atoms with E-state index in [0.29, 0.717) is 16.6 Å². The number of halogens is 1. The Labute approximate surface area is 124 Å². The van der Waals surface area contributed by atoms with Crippen LogP contribution in [0.15, 0.2) is 42.6 Å². The van der Waals surface area contributed by atoms with E-state index in [-0.39, 0.29) is 5.91 Å². The summed E-state index contributed by atoms with van der Waals surface area (Å²) in [5, 5.41) is 3.15. The van der Waals surface area contributed by atoms with Crippen LogP contribution in [0, 0.1) is 0 Å². The summed E-state index contributed by atoms with van der Waals surface area (Å²) in [6, 6.07) is 11.1. The Morgan fingerprint density at radius 1 is 1.30 bits per heavy atom. The molecule has 2 aromatic rings. The molecule has 4 heteroatoms. The molecule has 0 aliphatic heterocycles. The van der Waals surface area contributed by atoms with Gasteiger partial charge in [0.1, 0.15) is 5.15 Å². The summed E-state index contributed by atoms with van der Waals surface area (Å²) >= 11 is 5.77. The first-order chi connectivity index (χ1) is 9.60.